The molecule has 0 amide bonds. The molecule has 0 fully saturated rings. The molecule has 1 rings (SSSR count). The highest BCUT2D eigenvalue weighted by Crippen LogP contribution is 2.08. The summed E-state index contributed by atoms with van der Waals surface area (Å²) >= 11 is 0. The summed E-state index contributed by atoms with van der Waals surface area (Å²) in [5.41, 5.74) is 1.38. The average molecular weight is 220 g/mol. The molecule has 0 aliphatic rings. The minimum atomic E-state index is 0.568. The smallest absolute Gasteiger partial charge is 0.0230 e. The second-order valence-corrected chi connectivity index (χ2v) is 4.74. The molecule has 1 N–H and O–H groups in total. The van der Waals surface area contributed by atoms with E-state index in [2.05, 4.69) is 61.4 Å². The van der Waals surface area contributed by atoms with Gasteiger partial charge in [0.05, 0.1) is 0 Å². The van der Waals surface area contributed by atoms with Crippen LogP contribution in [0.25, 0.3) is 0 Å². The first-order chi connectivity index (χ1) is 7.63. The Hall–Kier alpha value is -0.860. The zero-order valence-electron chi connectivity index (χ0n) is 10.9. The molecule has 0 bridgehead atoms. The summed E-state index contributed by atoms with van der Waals surface area (Å²) in [6.07, 6.45) is 0. The lowest BCUT2D eigenvalue weighted by atomic mass is 10.0. The molecule has 1 aromatic carbocycles. The van der Waals surface area contributed by atoms with Crippen molar-refractivity contribution in [2.75, 3.05) is 20.6 Å². The Labute approximate surface area is 99.7 Å². The second-order valence-electron chi connectivity index (χ2n) is 4.74. The minimum absolute atomic E-state index is 0.568. The van der Waals surface area contributed by atoms with Crippen LogP contribution in [0.4, 0.5) is 0 Å². The molecule has 0 aromatic heterocycles. The molecule has 0 spiro atoms. The van der Waals surface area contributed by atoms with Crippen molar-refractivity contribution in [3.05, 3.63) is 35.9 Å². The molecule has 0 radical (unpaired) electrons. The molecule has 90 valence electrons. The monoisotopic (exact) mass is 220 g/mol. The SMILES string of the molecule is CN[C@@H](C)C(C)CN(C)Cc1ccccc1. The van der Waals surface area contributed by atoms with Gasteiger partial charge in [0.1, 0.15) is 0 Å². The second kappa shape index (κ2) is 6.66. The highest BCUT2D eigenvalue weighted by molar-refractivity contribution is 5.14. The molecule has 0 saturated heterocycles. The van der Waals surface area contributed by atoms with Gasteiger partial charge in [0.25, 0.3) is 0 Å². The van der Waals surface area contributed by atoms with Gasteiger partial charge in [0.2, 0.25) is 0 Å². The zero-order chi connectivity index (χ0) is 12.0. The predicted molar refractivity (Wildman–Crippen MR) is 70.5 cm³/mol. The Bertz CT molecular complexity index is 284. The van der Waals surface area contributed by atoms with Crippen LogP contribution < -0.4 is 5.32 Å². The summed E-state index contributed by atoms with van der Waals surface area (Å²) in [5, 5.41) is 3.31. The average Bonchev–Trinajstić information content (AvgIpc) is 2.29. The van der Waals surface area contributed by atoms with Crippen molar-refractivity contribution in [3.8, 4) is 0 Å². The molecule has 0 saturated carbocycles. The maximum atomic E-state index is 3.31. The summed E-state index contributed by atoms with van der Waals surface area (Å²) < 4.78 is 0. The normalized spacial score (nSPS) is 15.1. The third-order valence-electron chi connectivity index (χ3n) is 3.20. The molecule has 16 heavy (non-hydrogen) atoms. The number of benzene rings is 1. The van der Waals surface area contributed by atoms with Crippen molar-refractivity contribution in [2.24, 2.45) is 5.92 Å². The van der Waals surface area contributed by atoms with Crippen LogP contribution in [-0.2, 0) is 6.54 Å². The Morgan fingerprint density at radius 2 is 1.81 bits per heavy atom. The number of nitrogens with zero attached hydrogens (tertiary/aromatic N) is 1. The van der Waals surface area contributed by atoms with E-state index in [1.54, 1.807) is 0 Å². The minimum Gasteiger partial charge on any atom is -0.317 e. The zero-order valence-corrected chi connectivity index (χ0v) is 10.9. The molecule has 1 unspecified atom stereocenters. The lowest BCUT2D eigenvalue weighted by molar-refractivity contribution is 0.251. The third kappa shape index (κ3) is 4.33. The van der Waals surface area contributed by atoms with Gasteiger partial charge >= 0.3 is 0 Å². The summed E-state index contributed by atoms with van der Waals surface area (Å²) in [5.74, 6) is 0.665. The van der Waals surface area contributed by atoms with E-state index in [0.29, 0.717) is 12.0 Å². The topological polar surface area (TPSA) is 15.3 Å². The summed E-state index contributed by atoms with van der Waals surface area (Å²) in [7, 11) is 4.21. The Balaban J connectivity index is 2.39. The highest BCUT2D eigenvalue weighted by Gasteiger charge is 2.12. The van der Waals surface area contributed by atoms with Crippen LogP contribution in [0.2, 0.25) is 0 Å². The van der Waals surface area contributed by atoms with Crippen LogP contribution in [-0.4, -0.2) is 31.6 Å². The fourth-order valence-corrected chi connectivity index (χ4v) is 1.89. The largest absolute Gasteiger partial charge is 0.317 e. The van der Waals surface area contributed by atoms with E-state index in [0.717, 1.165) is 13.1 Å². The maximum absolute atomic E-state index is 3.31. The van der Waals surface area contributed by atoms with Crippen molar-refractivity contribution < 1.29 is 0 Å². The van der Waals surface area contributed by atoms with Crippen molar-refractivity contribution in [2.45, 2.75) is 26.4 Å². The fraction of sp³-hybridized carbons (Fsp3) is 0.571. The Morgan fingerprint density at radius 1 is 1.19 bits per heavy atom. The standard InChI is InChI=1S/C14H24N2/c1-12(13(2)15-3)10-16(4)11-14-8-6-5-7-9-14/h5-9,12-13,15H,10-11H2,1-4H3/t12?,13-/m0/s1. The molecule has 2 atom stereocenters. The van der Waals surface area contributed by atoms with E-state index in [4.69, 9.17) is 0 Å². The van der Waals surface area contributed by atoms with Gasteiger partial charge < -0.3 is 10.2 Å². The summed E-state index contributed by atoms with van der Waals surface area (Å²) in [4.78, 5) is 2.38. The van der Waals surface area contributed by atoms with Crippen molar-refractivity contribution in [3.63, 3.8) is 0 Å². The van der Waals surface area contributed by atoms with Crippen LogP contribution in [0.3, 0.4) is 0 Å². The first kappa shape index (κ1) is 13.2. The molecule has 0 aliphatic heterocycles. The van der Waals surface area contributed by atoms with Crippen LogP contribution >= 0.6 is 0 Å². The van der Waals surface area contributed by atoms with E-state index in [1.807, 2.05) is 7.05 Å². The Kier molecular flexibility index (Phi) is 5.50. The van der Waals surface area contributed by atoms with Gasteiger partial charge in [0.15, 0.2) is 0 Å². The molecular weight excluding hydrogens is 196 g/mol. The third-order valence-corrected chi connectivity index (χ3v) is 3.20. The van der Waals surface area contributed by atoms with E-state index < -0.39 is 0 Å². The van der Waals surface area contributed by atoms with Crippen LogP contribution in [0, 0.1) is 5.92 Å². The van der Waals surface area contributed by atoms with Crippen molar-refractivity contribution in [1.29, 1.82) is 0 Å². The fourth-order valence-electron chi connectivity index (χ4n) is 1.89. The van der Waals surface area contributed by atoms with E-state index in [1.165, 1.54) is 5.56 Å². The maximum Gasteiger partial charge on any atom is 0.0230 e. The van der Waals surface area contributed by atoms with Crippen LogP contribution in [0.15, 0.2) is 30.3 Å². The molecule has 2 nitrogen and oxygen atoms in total. The molecule has 0 aliphatic carbocycles. The first-order valence-corrected chi connectivity index (χ1v) is 6.03. The molecule has 2 heteroatoms. The first-order valence-electron chi connectivity index (χ1n) is 6.03. The van der Waals surface area contributed by atoms with Gasteiger partial charge in [-0.3, -0.25) is 0 Å². The number of nitrogens with one attached hydrogen (secondary N) is 1. The number of hydrogen-bond acceptors (Lipinski definition) is 2. The van der Waals surface area contributed by atoms with Crippen LogP contribution in [0.5, 0.6) is 0 Å². The number of rotatable bonds is 6. The summed E-state index contributed by atoms with van der Waals surface area (Å²) in [6.45, 7) is 6.68. The van der Waals surface area contributed by atoms with Gasteiger partial charge in [0, 0.05) is 19.1 Å². The van der Waals surface area contributed by atoms with Gasteiger partial charge in [-0.15, -0.1) is 0 Å². The van der Waals surface area contributed by atoms with Gasteiger partial charge in [-0.05, 0) is 32.5 Å². The Morgan fingerprint density at radius 3 is 2.38 bits per heavy atom. The molecular formula is C14H24N2. The van der Waals surface area contributed by atoms with Crippen molar-refractivity contribution in [1.82, 2.24) is 10.2 Å². The van der Waals surface area contributed by atoms with Gasteiger partial charge in [-0.1, -0.05) is 37.3 Å². The van der Waals surface area contributed by atoms with Crippen LogP contribution in [0.1, 0.15) is 19.4 Å². The van der Waals surface area contributed by atoms with Gasteiger partial charge in [-0.2, -0.15) is 0 Å². The molecule has 1 aromatic rings. The van der Waals surface area contributed by atoms with E-state index >= 15 is 0 Å². The summed E-state index contributed by atoms with van der Waals surface area (Å²) in [6, 6.07) is 11.2. The van der Waals surface area contributed by atoms with E-state index in [-0.39, 0.29) is 0 Å². The predicted octanol–water partition coefficient (Wildman–Crippen LogP) is 2.36. The highest BCUT2D eigenvalue weighted by atomic mass is 15.1. The lowest BCUT2D eigenvalue weighted by Crippen LogP contribution is -2.36. The number of hydrogen-bond donors (Lipinski definition) is 1. The molecule has 0 heterocycles. The lowest BCUT2D eigenvalue weighted by Gasteiger charge is -2.25. The van der Waals surface area contributed by atoms with E-state index in [9.17, 15) is 0 Å². The quantitative estimate of drug-likeness (QED) is 0.792. The van der Waals surface area contributed by atoms with Gasteiger partial charge in [-0.25, -0.2) is 0 Å². The van der Waals surface area contributed by atoms with Crippen molar-refractivity contribution >= 4 is 0 Å².